The van der Waals surface area contributed by atoms with Crippen molar-refractivity contribution in [3.05, 3.63) is 23.8 Å². The van der Waals surface area contributed by atoms with Crippen LogP contribution in [-0.4, -0.2) is 44.1 Å². The zero-order valence-electron chi connectivity index (χ0n) is 12.8. The van der Waals surface area contributed by atoms with E-state index in [1.807, 2.05) is 5.32 Å². The molecule has 4 nitrogen and oxygen atoms in total. The molecule has 3 rings (SSSR count). The van der Waals surface area contributed by atoms with Crippen LogP contribution in [-0.2, 0) is 4.79 Å². The van der Waals surface area contributed by atoms with Crippen LogP contribution in [0.3, 0.4) is 0 Å². The second-order valence-electron chi connectivity index (χ2n) is 5.72. The fraction of sp³-hybridized carbons (Fsp3) is 0.400. The number of rotatable bonds is 1. The first-order valence-electron chi connectivity index (χ1n) is 7.32. The van der Waals surface area contributed by atoms with Gasteiger partial charge < -0.3 is 15.0 Å². The summed E-state index contributed by atoms with van der Waals surface area (Å²) in [6.07, 6.45) is -12.0. The number of allylic oxidation sites excluding steroid dienone is 1. The van der Waals surface area contributed by atoms with Crippen molar-refractivity contribution in [2.24, 2.45) is 0 Å². The minimum absolute atomic E-state index is 0.103. The fourth-order valence-electron chi connectivity index (χ4n) is 2.78. The van der Waals surface area contributed by atoms with Crippen LogP contribution in [0.1, 0.15) is 5.56 Å². The molecule has 0 bridgehead atoms. The molecule has 0 spiro atoms. The number of nitrogens with zero attached hydrogens (tertiary/aromatic N) is 1. The number of ether oxygens (including phenoxy) is 1. The van der Waals surface area contributed by atoms with Crippen LogP contribution in [0.25, 0.3) is 5.57 Å². The lowest BCUT2D eigenvalue weighted by atomic mass is 10.0. The maximum absolute atomic E-state index is 13.7. The monoisotopic (exact) mass is 384 g/mol. The van der Waals surface area contributed by atoms with Gasteiger partial charge in [0.1, 0.15) is 18.9 Å². The molecular formula is C15H11F7N2O2. The fourth-order valence-corrected chi connectivity index (χ4v) is 2.78. The molecule has 11 heteroatoms. The molecule has 0 aliphatic carbocycles. The Bertz CT molecular complexity index is 770. The van der Waals surface area contributed by atoms with E-state index >= 15 is 0 Å². The summed E-state index contributed by atoms with van der Waals surface area (Å²) in [5.74, 6) is -1.44. The van der Waals surface area contributed by atoms with Gasteiger partial charge in [0.15, 0.2) is 6.17 Å². The summed E-state index contributed by atoms with van der Waals surface area (Å²) < 4.78 is 97.0. The minimum Gasteiger partial charge on any atom is -0.489 e. The molecule has 1 aromatic carbocycles. The number of hydrogen-bond acceptors (Lipinski definition) is 3. The van der Waals surface area contributed by atoms with Crippen molar-refractivity contribution in [3.8, 4) is 5.75 Å². The van der Waals surface area contributed by atoms with Crippen molar-refractivity contribution in [2.45, 2.75) is 18.5 Å². The van der Waals surface area contributed by atoms with Gasteiger partial charge in [-0.1, -0.05) is 0 Å². The maximum Gasteiger partial charge on any atom is 0.416 e. The highest BCUT2D eigenvalue weighted by atomic mass is 19.4. The maximum atomic E-state index is 13.7. The molecule has 1 N–H and O–H groups in total. The number of hydrogen-bond donors (Lipinski definition) is 1. The van der Waals surface area contributed by atoms with E-state index in [2.05, 4.69) is 0 Å². The zero-order valence-corrected chi connectivity index (χ0v) is 12.8. The first-order valence-corrected chi connectivity index (χ1v) is 7.32. The Hall–Kier alpha value is -2.46. The minimum atomic E-state index is -5.01. The van der Waals surface area contributed by atoms with Gasteiger partial charge in [-0.15, -0.1) is 0 Å². The average Bonchev–Trinajstić information content (AvgIpc) is 2.61. The molecule has 142 valence electrons. The second kappa shape index (κ2) is 6.06. The SMILES string of the molecule is O=C1Nc2cc3c(cc2C(C(F)(F)F)=CC1F)N(CC(F)(F)F)CCO3. The number of amides is 1. The Morgan fingerprint density at radius 3 is 2.50 bits per heavy atom. The third-order valence-corrected chi connectivity index (χ3v) is 3.85. The zero-order chi connectivity index (χ0) is 19.3. The molecule has 0 saturated carbocycles. The van der Waals surface area contributed by atoms with Gasteiger partial charge in [-0.2, -0.15) is 26.3 Å². The summed E-state index contributed by atoms with van der Waals surface area (Å²) in [5, 5.41) is 2.00. The number of fused-ring (bicyclic) bond motifs is 2. The van der Waals surface area contributed by atoms with E-state index in [0.717, 1.165) is 17.0 Å². The standard InChI is InChI=1S/C15H11F7N2O2/c16-9-4-8(15(20,21)22)7-3-11-12(5-10(7)23-13(9)25)26-2-1-24(11)6-14(17,18)19/h3-5,9H,1-2,6H2,(H,23,25). The average molecular weight is 384 g/mol. The summed E-state index contributed by atoms with van der Waals surface area (Å²) in [6.45, 7) is -1.69. The summed E-state index contributed by atoms with van der Waals surface area (Å²) in [6, 6.07) is 1.80. The lowest BCUT2D eigenvalue weighted by Crippen LogP contribution is -2.39. The highest BCUT2D eigenvalue weighted by Gasteiger charge is 2.41. The third kappa shape index (κ3) is 3.56. The number of nitrogens with one attached hydrogen (secondary N) is 1. The Kier molecular flexibility index (Phi) is 4.27. The molecular weight excluding hydrogens is 373 g/mol. The van der Waals surface area contributed by atoms with Crippen molar-refractivity contribution >= 4 is 22.9 Å². The predicted octanol–water partition coefficient (Wildman–Crippen LogP) is 3.68. The van der Waals surface area contributed by atoms with Gasteiger partial charge in [0.2, 0.25) is 0 Å². The van der Waals surface area contributed by atoms with Crippen LogP contribution in [0, 0.1) is 0 Å². The van der Waals surface area contributed by atoms with Gasteiger partial charge in [0.25, 0.3) is 5.91 Å². The van der Waals surface area contributed by atoms with Crippen molar-refractivity contribution in [2.75, 3.05) is 29.9 Å². The molecule has 2 aliphatic heterocycles. The van der Waals surface area contributed by atoms with Crippen LogP contribution in [0.2, 0.25) is 0 Å². The molecule has 1 unspecified atom stereocenters. The number of carbonyl (C=O) groups is 1. The molecule has 26 heavy (non-hydrogen) atoms. The topological polar surface area (TPSA) is 41.6 Å². The van der Waals surface area contributed by atoms with Gasteiger partial charge in [-0.25, -0.2) is 4.39 Å². The predicted molar refractivity (Wildman–Crippen MR) is 77.8 cm³/mol. The van der Waals surface area contributed by atoms with E-state index in [1.54, 1.807) is 0 Å². The molecule has 0 aromatic heterocycles. The Morgan fingerprint density at radius 1 is 1.19 bits per heavy atom. The van der Waals surface area contributed by atoms with Crippen LogP contribution >= 0.6 is 0 Å². The first kappa shape index (κ1) is 18.3. The van der Waals surface area contributed by atoms with Crippen LogP contribution in [0.15, 0.2) is 18.2 Å². The Morgan fingerprint density at radius 2 is 1.88 bits per heavy atom. The number of alkyl halides is 7. The lowest BCUT2D eigenvalue weighted by molar-refractivity contribution is -0.120. The Labute approximate surface area is 142 Å². The van der Waals surface area contributed by atoms with Crippen molar-refractivity contribution in [1.82, 2.24) is 0 Å². The quantitative estimate of drug-likeness (QED) is 0.752. The molecule has 0 radical (unpaired) electrons. The van der Waals surface area contributed by atoms with Gasteiger partial charge in [0, 0.05) is 11.6 Å². The van der Waals surface area contributed by atoms with E-state index < -0.39 is 42.1 Å². The highest BCUT2D eigenvalue weighted by molar-refractivity contribution is 6.03. The van der Waals surface area contributed by atoms with E-state index in [9.17, 15) is 35.5 Å². The second-order valence-corrected chi connectivity index (χ2v) is 5.72. The number of anilines is 2. The van der Waals surface area contributed by atoms with Crippen molar-refractivity contribution < 1.29 is 40.3 Å². The molecule has 2 aliphatic rings. The van der Waals surface area contributed by atoms with Gasteiger partial charge >= 0.3 is 12.4 Å². The van der Waals surface area contributed by atoms with Crippen LogP contribution < -0.4 is 15.0 Å². The van der Waals surface area contributed by atoms with Gasteiger partial charge in [-0.05, 0) is 12.1 Å². The normalized spacial score (nSPS) is 20.4. The Balaban J connectivity index is 2.15. The molecule has 1 atom stereocenters. The molecule has 2 heterocycles. The van der Waals surface area contributed by atoms with Crippen LogP contribution in [0.5, 0.6) is 5.75 Å². The van der Waals surface area contributed by atoms with E-state index in [0.29, 0.717) is 0 Å². The number of carbonyl (C=O) groups excluding carboxylic acids is 1. The van der Waals surface area contributed by atoms with Crippen LogP contribution in [0.4, 0.5) is 42.1 Å². The number of benzene rings is 1. The molecule has 0 saturated heterocycles. The van der Waals surface area contributed by atoms with E-state index in [4.69, 9.17) is 4.74 Å². The smallest absolute Gasteiger partial charge is 0.416 e. The van der Waals surface area contributed by atoms with E-state index in [-0.39, 0.29) is 36.4 Å². The van der Waals surface area contributed by atoms with Crippen molar-refractivity contribution in [1.29, 1.82) is 0 Å². The van der Waals surface area contributed by atoms with E-state index in [1.165, 1.54) is 0 Å². The molecule has 0 fully saturated rings. The first-order chi connectivity index (χ1) is 12.0. The third-order valence-electron chi connectivity index (χ3n) is 3.85. The summed E-state index contributed by atoms with van der Waals surface area (Å²) in [7, 11) is 0. The lowest BCUT2D eigenvalue weighted by Gasteiger charge is -2.33. The number of halogens is 7. The van der Waals surface area contributed by atoms with Gasteiger partial charge in [0.05, 0.1) is 23.5 Å². The van der Waals surface area contributed by atoms with Crippen molar-refractivity contribution in [3.63, 3.8) is 0 Å². The molecule has 1 amide bonds. The summed E-state index contributed by atoms with van der Waals surface area (Å²) in [5.41, 5.74) is -2.67. The largest absolute Gasteiger partial charge is 0.489 e. The highest BCUT2D eigenvalue weighted by Crippen LogP contribution is 2.45. The van der Waals surface area contributed by atoms with Gasteiger partial charge in [-0.3, -0.25) is 4.79 Å². The molecule has 1 aromatic rings. The summed E-state index contributed by atoms with van der Waals surface area (Å²) >= 11 is 0. The summed E-state index contributed by atoms with van der Waals surface area (Å²) in [4.78, 5) is 12.4.